The normalized spacial score (nSPS) is 20.3. The first-order chi connectivity index (χ1) is 8.65. The Labute approximate surface area is 112 Å². The quantitative estimate of drug-likeness (QED) is 0.908. The highest BCUT2D eigenvalue weighted by Gasteiger charge is 2.30. The van der Waals surface area contributed by atoms with Gasteiger partial charge in [-0.1, -0.05) is 17.7 Å². The largest absolute Gasteiger partial charge is 0.366 e. The molecule has 1 aliphatic heterocycles. The van der Waals surface area contributed by atoms with Crippen LogP contribution in [-0.2, 0) is 9.53 Å². The van der Waals surface area contributed by atoms with Crippen molar-refractivity contribution >= 4 is 23.2 Å². The number of halogens is 1. The molecule has 18 heavy (non-hydrogen) atoms. The average molecular weight is 269 g/mol. The maximum Gasteiger partial charge on any atom is 0.256 e. The number of ether oxygens (including phenoxy) is 1. The van der Waals surface area contributed by atoms with Crippen molar-refractivity contribution in [1.82, 2.24) is 0 Å². The molecule has 0 aromatic heterocycles. The Morgan fingerprint density at radius 1 is 1.56 bits per heavy atom. The lowest BCUT2D eigenvalue weighted by Gasteiger charge is -2.33. The molecule has 1 aliphatic rings. The Morgan fingerprint density at radius 2 is 2.33 bits per heavy atom. The fourth-order valence-corrected chi connectivity index (χ4v) is 2.30. The van der Waals surface area contributed by atoms with E-state index in [2.05, 4.69) is 0 Å². The van der Waals surface area contributed by atoms with Gasteiger partial charge in [0.05, 0.1) is 6.61 Å². The van der Waals surface area contributed by atoms with E-state index in [0.717, 1.165) is 11.3 Å². The second-order valence-electron chi connectivity index (χ2n) is 4.31. The van der Waals surface area contributed by atoms with E-state index in [4.69, 9.17) is 22.1 Å². The van der Waals surface area contributed by atoms with E-state index >= 15 is 0 Å². The van der Waals surface area contributed by atoms with Crippen molar-refractivity contribution in [1.29, 1.82) is 0 Å². The first-order valence-corrected chi connectivity index (χ1v) is 6.41. The van der Waals surface area contributed by atoms with E-state index < -0.39 is 6.10 Å². The molecule has 5 heteroatoms. The molecule has 1 saturated heterocycles. The molecule has 0 spiro atoms. The van der Waals surface area contributed by atoms with Gasteiger partial charge in [0.2, 0.25) is 0 Å². The zero-order valence-corrected chi connectivity index (χ0v) is 11.1. The highest BCUT2D eigenvalue weighted by atomic mass is 35.5. The molecule has 1 amide bonds. The third-order valence-electron chi connectivity index (χ3n) is 3.13. The molecular weight excluding hydrogens is 252 g/mol. The second-order valence-corrected chi connectivity index (χ2v) is 4.72. The average Bonchev–Trinajstić information content (AvgIpc) is 2.36. The number of carbonyl (C=O) groups is 1. The SMILES string of the molecule is Cc1c(Cl)cccc1N1CCOC(CCN)C1=O. The molecule has 0 aliphatic carbocycles. The highest BCUT2D eigenvalue weighted by molar-refractivity contribution is 6.31. The molecule has 1 aromatic rings. The van der Waals surface area contributed by atoms with Crippen LogP contribution in [0, 0.1) is 6.92 Å². The van der Waals surface area contributed by atoms with Crippen LogP contribution in [0.2, 0.25) is 5.02 Å². The number of morpholine rings is 1. The molecule has 1 aromatic carbocycles. The van der Waals surface area contributed by atoms with E-state index in [0.29, 0.717) is 31.1 Å². The smallest absolute Gasteiger partial charge is 0.256 e. The van der Waals surface area contributed by atoms with Crippen molar-refractivity contribution in [3.05, 3.63) is 28.8 Å². The van der Waals surface area contributed by atoms with Crippen LogP contribution in [0.1, 0.15) is 12.0 Å². The van der Waals surface area contributed by atoms with E-state index in [1.807, 2.05) is 25.1 Å². The summed E-state index contributed by atoms with van der Waals surface area (Å²) in [5.74, 6) is -0.0305. The van der Waals surface area contributed by atoms with Crippen LogP contribution in [0.3, 0.4) is 0 Å². The second kappa shape index (κ2) is 5.69. The predicted octanol–water partition coefficient (Wildman–Crippen LogP) is 1.73. The minimum Gasteiger partial charge on any atom is -0.366 e. The number of anilines is 1. The molecule has 1 unspecified atom stereocenters. The molecule has 4 nitrogen and oxygen atoms in total. The van der Waals surface area contributed by atoms with Crippen molar-refractivity contribution < 1.29 is 9.53 Å². The number of nitrogens with zero attached hydrogens (tertiary/aromatic N) is 1. The summed E-state index contributed by atoms with van der Waals surface area (Å²) in [5, 5.41) is 0.669. The first-order valence-electron chi connectivity index (χ1n) is 6.03. The van der Waals surface area contributed by atoms with Gasteiger partial charge in [-0.15, -0.1) is 0 Å². The number of nitrogens with two attached hydrogens (primary N) is 1. The number of benzene rings is 1. The molecule has 0 radical (unpaired) electrons. The summed E-state index contributed by atoms with van der Waals surface area (Å²) in [7, 11) is 0. The van der Waals surface area contributed by atoms with Gasteiger partial charge in [0.15, 0.2) is 0 Å². The van der Waals surface area contributed by atoms with Crippen molar-refractivity contribution in [2.75, 3.05) is 24.6 Å². The Hall–Kier alpha value is -1.10. The fraction of sp³-hybridized carbons (Fsp3) is 0.462. The zero-order chi connectivity index (χ0) is 13.1. The van der Waals surface area contributed by atoms with Gasteiger partial charge in [0.1, 0.15) is 6.10 Å². The van der Waals surface area contributed by atoms with E-state index in [1.165, 1.54) is 0 Å². The molecule has 1 fully saturated rings. The minimum atomic E-state index is -0.429. The third-order valence-corrected chi connectivity index (χ3v) is 3.54. The summed E-state index contributed by atoms with van der Waals surface area (Å²) in [4.78, 5) is 14.0. The number of hydrogen-bond acceptors (Lipinski definition) is 3. The maximum atomic E-state index is 12.3. The van der Waals surface area contributed by atoms with Gasteiger partial charge >= 0.3 is 0 Å². The summed E-state index contributed by atoms with van der Waals surface area (Å²) in [6.45, 7) is 3.45. The molecular formula is C13H17ClN2O2. The maximum absolute atomic E-state index is 12.3. The van der Waals surface area contributed by atoms with Crippen molar-refractivity contribution in [2.45, 2.75) is 19.4 Å². The Morgan fingerprint density at radius 3 is 3.06 bits per heavy atom. The number of hydrogen-bond donors (Lipinski definition) is 1. The van der Waals surface area contributed by atoms with Crippen LogP contribution < -0.4 is 10.6 Å². The van der Waals surface area contributed by atoms with Crippen molar-refractivity contribution in [2.24, 2.45) is 5.73 Å². The van der Waals surface area contributed by atoms with Crippen molar-refractivity contribution in [3.8, 4) is 0 Å². The highest BCUT2D eigenvalue weighted by Crippen LogP contribution is 2.28. The minimum absolute atomic E-state index is 0.0305. The predicted molar refractivity (Wildman–Crippen MR) is 72.0 cm³/mol. The molecule has 0 bridgehead atoms. The zero-order valence-electron chi connectivity index (χ0n) is 10.4. The van der Waals surface area contributed by atoms with Crippen LogP contribution in [-0.4, -0.2) is 31.7 Å². The van der Waals surface area contributed by atoms with E-state index in [9.17, 15) is 4.79 Å². The molecule has 1 heterocycles. The van der Waals surface area contributed by atoms with Gasteiger partial charge < -0.3 is 15.4 Å². The van der Waals surface area contributed by atoms with Gasteiger partial charge in [0.25, 0.3) is 5.91 Å². The van der Waals surface area contributed by atoms with Gasteiger partial charge in [-0.05, 0) is 37.6 Å². The molecule has 2 rings (SSSR count). The van der Waals surface area contributed by atoms with Crippen LogP contribution in [0.4, 0.5) is 5.69 Å². The van der Waals surface area contributed by atoms with E-state index in [1.54, 1.807) is 4.90 Å². The molecule has 2 N–H and O–H groups in total. The third kappa shape index (κ3) is 2.51. The molecule has 98 valence electrons. The van der Waals surface area contributed by atoms with Gasteiger partial charge in [-0.25, -0.2) is 0 Å². The van der Waals surface area contributed by atoms with Gasteiger partial charge in [0, 0.05) is 17.3 Å². The lowest BCUT2D eigenvalue weighted by Crippen LogP contribution is -2.48. The summed E-state index contributed by atoms with van der Waals surface area (Å²) in [6, 6.07) is 5.58. The lowest BCUT2D eigenvalue weighted by molar-refractivity contribution is -0.134. The topological polar surface area (TPSA) is 55.6 Å². The number of rotatable bonds is 3. The van der Waals surface area contributed by atoms with E-state index in [-0.39, 0.29) is 5.91 Å². The van der Waals surface area contributed by atoms with Gasteiger partial charge in [-0.2, -0.15) is 0 Å². The summed E-state index contributed by atoms with van der Waals surface area (Å²) >= 11 is 6.09. The number of carbonyl (C=O) groups excluding carboxylic acids is 1. The number of amides is 1. The molecule has 1 atom stereocenters. The summed E-state index contributed by atoms with van der Waals surface area (Å²) in [5.41, 5.74) is 7.26. The monoisotopic (exact) mass is 268 g/mol. The summed E-state index contributed by atoms with van der Waals surface area (Å²) < 4.78 is 5.45. The Bertz CT molecular complexity index is 449. The lowest BCUT2D eigenvalue weighted by atomic mass is 10.1. The summed E-state index contributed by atoms with van der Waals surface area (Å²) in [6.07, 6.45) is 0.122. The van der Waals surface area contributed by atoms with Crippen LogP contribution in [0.5, 0.6) is 0 Å². The Kier molecular flexibility index (Phi) is 4.22. The first kappa shape index (κ1) is 13.3. The van der Waals surface area contributed by atoms with Crippen molar-refractivity contribution in [3.63, 3.8) is 0 Å². The standard InChI is InChI=1S/C13H17ClN2O2/c1-9-10(14)3-2-4-11(9)16-7-8-18-12(5-6-15)13(16)17/h2-4,12H,5-8,15H2,1H3. The van der Waals surface area contributed by atoms with Crippen LogP contribution in [0.15, 0.2) is 18.2 Å². The van der Waals surface area contributed by atoms with Crippen LogP contribution >= 0.6 is 11.6 Å². The van der Waals surface area contributed by atoms with Crippen LogP contribution in [0.25, 0.3) is 0 Å². The Balaban J connectivity index is 2.27. The molecule has 0 saturated carbocycles. The fourth-order valence-electron chi connectivity index (χ4n) is 2.13. The van der Waals surface area contributed by atoms with Gasteiger partial charge in [-0.3, -0.25) is 4.79 Å².